The van der Waals surface area contributed by atoms with E-state index in [4.69, 9.17) is 4.74 Å². The van der Waals surface area contributed by atoms with Gasteiger partial charge in [-0.05, 0) is 340 Å². The molecule has 3 aromatic carbocycles. The van der Waals surface area contributed by atoms with Gasteiger partial charge in [-0.1, -0.05) is 157 Å². The van der Waals surface area contributed by atoms with Crippen molar-refractivity contribution >= 4 is 102 Å². The smallest absolute Gasteiger partial charge is 0.234 e. The molecule has 0 radical (unpaired) electrons. The largest absolute Gasteiger partial charge is 0.490 e. The molecule has 23 nitrogen and oxygen atoms in total. The normalized spacial score (nSPS) is 33.0. The number of carbonyl (C=O) groups is 10. The van der Waals surface area contributed by atoms with Crippen LogP contribution in [0.1, 0.15) is 289 Å². The number of amides is 5. The summed E-state index contributed by atoms with van der Waals surface area (Å²) in [6.07, 6.45) is 39.7. The molecule has 21 rings (SSSR count). The molecule has 5 saturated heterocycles. The summed E-state index contributed by atoms with van der Waals surface area (Å²) in [4.78, 5) is 145. The highest BCUT2D eigenvalue weighted by atomic mass is 79.9. The topological polar surface area (TPSA) is 263 Å². The Labute approximate surface area is 891 Å². The van der Waals surface area contributed by atoms with Gasteiger partial charge in [0.25, 0.3) is 0 Å². The highest BCUT2D eigenvalue weighted by Gasteiger charge is 2.56. The minimum atomic E-state index is 0.00884. The third-order valence-electron chi connectivity index (χ3n) is 39.0. The van der Waals surface area contributed by atoms with Crippen molar-refractivity contribution in [3.05, 3.63) is 100 Å². The van der Waals surface area contributed by atoms with Crippen molar-refractivity contribution in [3.8, 4) is 5.75 Å². The molecule has 18 fully saturated rings. The summed E-state index contributed by atoms with van der Waals surface area (Å²) in [6.45, 7) is 36.4. The van der Waals surface area contributed by atoms with E-state index in [9.17, 15) is 47.9 Å². The number of fused-ring (bicyclic) bond motifs is 5. The van der Waals surface area contributed by atoms with Gasteiger partial charge in [0, 0.05) is 184 Å². The van der Waals surface area contributed by atoms with Crippen molar-refractivity contribution in [1.29, 1.82) is 0 Å². The summed E-state index contributed by atoms with van der Waals surface area (Å²) < 4.78 is 6.05. The number of allylic oxidation sites excluding steroid dienone is 1. The van der Waals surface area contributed by atoms with Crippen molar-refractivity contribution in [3.63, 3.8) is 0 Å². The van der Waals surface area contributed by atoms with Crippen molar-refractivity contribution in [1.82, 2.24) is 51.1 Å². The van der Waals surface area contributed by atoms with Gasteiger partial charge in [0.1, 0.15) is 40.8 Å². The first-order valence-corrected chi connectivity index (χ1v) is 60.1. The fourth-order valence-electron chi connectivity index (χ4n) is 30.2. The predicted molar refractivity (Wildman–Crippen MR) is 587 cm³/mol. The van der Waals surface area contributed by atoms with Crippen LogP contribution in [0, 0.1) is 140 Å². The van der Waals surface area contributed by atoms with Crippen LogP contribution < -0.4 is 41.1 Å². The standard InChI is InChI=1S/C27H38BrN3O2.C27H39N3O2.C24H34N2O3.C23H36N2O2.C20H33BrN2O2/c1-17-4-3-5-24(18(17)2)31-12-10-30(11-13-31)16-25(32)29-26-22-15-21(28)9-8-20(22)14-23(26)27(33)19-6-7-19;1-18-6-5-9-24(19(18)2)30-14-12-29(13-15-30)17-25(31)28-26-22-8-4-3-7-21(22)16-23(26)27(32)20-10-11-20;1-17(27)22-15-18-7-5-6-10-21(18)24(22)25-23(28)16-26-13-11-20(12-14-26)29-19-8-3-2-4-9-19;1-15(2)16-9-11-25(12-10-16)14-21(26)24-22-19-6-4-3-5-18(19)13-20(22)23(27)17-7-8-17;1-13(24)16-9-14-5-6-15(21)10-17(14)19(16)22-18(25)11-23-8-4-7-20(2,3)12-23/h3-5,19-23,26H,6-16H2,1-2H3,(H,29,32);5-6,9,20-23,26H,3-4,7-8,10-17H2,1-2H3,(H,28,31);2-4,8-9,18,20-22,24H,5-7,10-16H2,1H3,(H,25,28);17-20,22H,3-14H2,1-2H3,(H,24,26);14-17,19H,4-12H2,1-3H3,(H,22,25). The summed E-state index contributed by atoms with van der Waals surface area (Å²) in [7, 11) is 0. The minimum Gasteiger partial charge on any atom is -0.490 e. The van der Waals surface area contributed by atoms with Crippen molar-refractivity contribution in [2.75, 3.05) is 134 Å². The summed E-state index contributed by atoms with van der Waals surface area (Å²) >= 11 is 7.58. The molecule has 0 aromatic heterocycles. The number of anilines is 2. The number of rotatable bonds is 27. The fourth-order valence-corrected chi connectivity index (χ4v) is 31.6. The number of piperidine rings is 3. The molecule has 18 aliphatic rings. The van der Waals surface area contributed by atoms with Gasteiger partial charge in [-0.2, -0.15) is 0 Å². The number of hydrogen-bond donors (Lipinski definition) is 5. The first-order valence-electron chi connectivity index (χ1n) is 58.3. The van der Waals surface area contributed by atoms with E-state index in [1.54, 1.807) is 19.4 Å². The van der Waals surface area contributed by atoms with Crippen molar-refractivity contribution < 1.29 is 52.7 Å². The van der Waals surface area contributed by atoms with Gasteiger partial charge >= 0.3 is 0 Å². The first-order chi connectivity index (χ1) is 70.3. The van der Waals surface area contributed by atoms with E-state index in [1.165, 1.54) is 142 Å². The van der Waals surface area contributed by atoms with Gasteiger partial charge in [-0.15, -0.1) is 0 Å². The number of Topliss-reactive ketones (excluding diaryl/α,β-unsaturated/α-hetero) is 5. The Bertz CT molecular complexity index is 4980. The van der Waals surface area contributed by atoms with Gasteiger partial charge in [-0.25, -0.2) is 0 Å². The molecular formula is C121H180Br2N12O11. The molecular weight excluding hydrogens is 1960 g/mol. The van der Waals surface area contributed by atoms with Crippen LogP contribution in [-0.4, -0.2) is 253 Å². The second kappa shape index (κ2) is 50.9. The van der Waals surface area contributed by atoms with Crippen LogP contribution >= 0.6 is 31.9 Å². The number of para-hydroxylation sites is 1. The minimum absolute atomic E-state index is 0.00884. The zero-order valence-corrected chi connectivity index (χ0v) is 93.6. The zero-order valence-electron chi connectivity index (χ0n) is 90.4. The van der Waals surface area contributed by atoms with Crippen LogP contribution in [0.4, 0.5) is 11.4 Å². The first kappa shape index (κ1) is 110. The van der Waals surface area contributed by atoms with Crippen LogP contribution in [0.2, 0.25) is 0 Å². The number of carbonyl (C=O) groups excluding carboxylic acids is 10. The lowest BCUT2D eigenvalue weighted by atomic mass is 9.80. The molecule has 25 heteroatoms. The molecule has 22 unspecified atom stereocenters. The van der Waals surface area contributed by atoms with Gasteiger partial charge in [0.2, 0.25) is 29.5 Å². The molecule has 804 valence electrons. The van der Waals surface area contributed by atoms with Gasteiger partial charge in [-0.3, -0.25) is 72.4 Å². The number of hydrogen-bond acceptors (Lipinski definition) is 18. The molecule has 5 amide bonds. The highest BCUT2D eigenvalue weighted by molar-refractivity contribution is 9.09. The Morgan fingerprint density at radius 1 is 0.336 bits per heavy atom. The maximum Gasteiger partial charge on any atom is 0.234 e. The third kappa shape index (κ3) is 28.8. The monoisotopic (exact) mass is 2140 g/mol. The Morgan fingerprint density at radius 3 is 1.04 bits per heavy atom. The average Bonchev–Trinajstić information content (AvgIpc) is 1.62. The second-order valence-corrected chi connectivity index (χ2v) is 52.5. The predicted octanol–water partition coefficient (Wildman–Crippen LogP) is 18.3. The molecule has 146 heavy (non-hydrogen) atoms. The van der Waals surface area contributed by atoms with Crippen molar-refractivity contribution in [2.45, 2.75) is 340 Å². The average molecular weight is 2140 g/mol. The number of piperazine rings is 2. The summed E-state index contributed by atoms with van der Waals surface area (Å²) in [5, 5.41) is 16.7. The van der Waals surface area contributed by atoms with E-state index in [0.29, 0.717) is 130 Å². The molecule has 13 saturated carbocycles. The van der Waals surface area contributed by atoms with E-state index in [-0.39, 0.29) is 119 Å². The number of likely N-dealkylation sites (tertiary alicyclic amines) is 3. The number of alkyl halides is 2. The van der Waals surface area contributed by atoms with Crippen molar-refractivity contribution in [2.24, 2.45) is 112 Å². The van der Waals surface area contributed by atoms with Gasteiger partial charge in [0.15, 0.2) is 0 Å². The maximum atomic E-state index is 13.1. The highest BCUT2D eigenvalue weighted by Crippen LogP contribution is 2.54. The van der Waals surface area contributed by atoms with E-state index in [1.807, 2.05) is 30.3 Å². The molecule has 3 aromatic rings. The Morgan fingerprint density at radius 2 is 0.671 bits per heavy atom. The van der Waals surface area contributed by atoms with E-state index < -0.39 is 0 Å². The van der Waals surface area contributed by atoms with Crippen LogP contribution in [0.15, 0.2) is 77.9 Å². The number of ketones is 5. The van der Waals surface area contributed by atoms with Gasteiger partial charge in [0.05, 0.1) is 32.7 Å². The molecule has 5 heterocycles. The molecule has 13 aliphatic carbocycles. The number of ether oxygens (including phenoxy) is 1. The van der Waals surface area contributed by atoms with Crippen LogP contribution in [0.25, 0.3) is 0 Å². The SMILES string of the molecule is CC(=O)C1CC2CCC(Br)CC2C1NC(=O)CN1CCCC(C)(C)C1.CC(=O)C1CC2CCCCC2C1NC(=O)CN1CCC(Oc2ccccc2)CC1.CC(C)=C1CCN(CC(=O)NC2C(C(=O)C3CC3)CC3CCCCC32)CC1.Cc1cccc(N2CCN(CC(=O)NC3C(C(=O)C4CC4)CC4CCC(Br)CC43)CC2)c1C.Cc1cccc(N2CCN(CC(=O)NC3C(C(=O)C4CC4)CC4CCCCC43)CC2)c1C. The Kier molecular flexibility index (Phi) is 38.5. The van der Waals surface area contributed by atoms with E-state index >= 15 is 0 Å². The molecule has 5 N–H and O–H groups in total. The quantitative estimate of drug-likeness (QED) is 0.0351. The third-order valence-corrected chi connectivity index (χ3v) is 40.7. The molecule has 0 spiro atoms. The number of nitrogens with one attached hydrogen (secondary N) is 5. The summed E-state index contributed by atoms with van der Waals surface area (Å²) in [6, 6.07) is 23.3. The van der Waals surface area contributed by atoms with Crippen LogP contribution in [0.5, 0.6) is 5.75 Å². The van der Waals surface area contributed by atoms with E-state index in [0.717, 1.165) is 219 Å². The van der Waals surface area contributed by atoms with Crippen LogP contribution in [-0.2, 0) is 47.9 Å². The van der Waals surface area contributed by atoms with E-state index in [2.05, 4.69) is 185 Å². The summed E-state index contributed by atoms with van der Waals surface area (Å²) in [5.41, 5.74) is 11.3. The molecule has 5 aliphatic heterocycles. The lowest BCUT2D eigenvalue weighted by molar-refractivity contribution is -0.128. The molecule has 22 atom stereocenters. The number of halogens is 2. The summed E-state index contributed by atoms with van der Waals surface area (Å²) in [5.74, 6) is 9.93. The second-order valence-electron chi connectivity index (χ2n) is 50.0. The lowest BCUT2D eigenvalue weighted by Crippen LogP contribution is -2.52. The number of nitrogens with zero attached hydrogens (tertiary/aromatic N) is 7. The zero-order chi connectivity index (χ0) is 103. The maximum absolute atomic E-state index is 13.1. The Balaban J connectivity index is 0.000000125. The Hall–Kier alpha value is -6.74. The fraction of sp³-hybridized carbons (Fsp3) is 0.752. The van der Waals surface area contributed by atoms with Crippen LogP contribution in [0.3, 0.4) is 0 Å². The van der Waals surface area contributed by atoms with Gasteiger partial charge < -0.3 is 41.1 Å². The number of benzene rings is 3. The lowest BCUT2D eigenvalue weighted by Gasteiger charge is -2.38. The molecule has 0 bridgehead atoms. The number of aryl methyl sites for hydroxylation is 2.